The van der Waals surface area contributed by atoms with Crippen LogP contribution in [0.3, 0.4) is 0 Å². The molecule has 0 N–H and O–H groups in total. The molecular weight excluding hydrogens is 380 g/mol. The first kappa shape index (κ1) is 19.8. The molecule has 1 fully saturated rings. The van der Waals surface area contributed by atoms with E-state index < -0.39 is 0 Å². The SMILES string of the molecule is CCOC(=O)[C@H]1CCCN(C(=O)c2cn(-c3ccccc3)nc2-c2cccnc2)C1. The molecule has 7 heteroatoms. The van der Waals surface area contributed by atoms with Crippen LogP contribution in [0, 0.1) is 5.92 Å². The molecule has 3 heterocycles. The lowest BCUT2D eigenvalue weighted by Crippen LogP contribution is -2.42. The third-order valence-electron chi connectivity index (χ3n) is 5.23. The maximum absolute atomic E-state index is 13.5. The van der Waals surface area contributed by atoms with E-state index in [2.05, 4.69) is 10.1 Å². The Balaban J connectivity index is 1.67. The Labute approximate surface area is 175 Å². The molecule has 0 radical (unpaired) electrons. The van der Waals surface area contributed by atoms with Gasteiger partial charge in [-0.3, -0.25) is 14.6 Å². The van der Waals surface area contributed by atoms with Gasteiger partial charge in [0, 0.05) is 37.2 Å². The van der Waals surface area contributed by atoms with E-state index in [1.54, 1.807) is 35.1 Å². The van der Waals surface area contributed by atoms with E-state index in [9.17, 15) is 9.59 Å². The van der Waals surface area contributed by atoms with Gasteiger partial charge in [0.05, 0.1) is 23.8 Å². The van der Waals surface area contributed by atoms with Gasteiger partial charge in [-0.15, -0.1) is 0 Å². The molecular formula is C23H24N4O3. The van der Waals surface area contributed by atoms with E-state index in [0.717, 1.165) is 24.1 Å². The predicted molar refractivity (Wildman–Crippen MR) is 112 cm³/mol. The quantitative estimate of drug-likeness (QED) is 0.610. The zero-order valence-corrected chi connectivity index (χ0v) is 16.9. The molecule has 0 bridgehead atoms. The number of nitrogens with zero attached hydrogens (tertiary/aromatic N) is 4. The average molecular weight is 404 g/mol. The highest BCUT2D eigenvalue weighted by Crippen LogP contribution is 2.27. The number of likely N-dealkylation sites (tertiary alicyclic amines) is 1. The number of carbonyl (C=O) groups excluding carboxylic acids is 2. The number of carbonyl (C=O) groups is 2. The van der Waals surface area contributed by atoms with E-state index >= 15 is 0 Å². The number of rotatable bonds is 5. The second-order valence-electron chi connectivity index (χ2n) is 7.26. The Morgan fingerprint density at radius 2 is 2.00 bits per heavy atom. The zero-order chi connectivity index (χ0) is 20.9. The van der Waals surface area contributed by atoms with E-state index in [1.165, 1.54) is 0 Å². The number of aromatic nitrogens is 3. The molecule has 1 saturated heterocycles. The summed E-state index contributed by atoms with van der Waals surface area (Å²) in [5.74, 6) is -0.652. The first-order chi connectivity index (χ1) is 14.7. The van der Waals surface area contributed by atoms with Gasteiger partial charge < -0.3 is 9.64 Å². The third kappa shape index (κ3) is 4.10. The number of para-hydroxylation sites is 1. The molecule has 154 valence electrons. The van der Waals surface area contributed by atoms with Crippen LogP contribution >= 0.6 is 0 Å². The van der Waals surface area contributed by atoms with Crippen LogP contribution in [0.4, 0.5) is 0 Å². The largest absolute Gasteiger partial charge is 0.466 e. The number of benzene rings is 1. The molecule has 1 aliphatic heterocycles. The molecule has 30 heavy (non-hydrogen) atoms. The first-order valence-electron chi connectivity index (χ1n) is 10.2. The van der Waals surface area contributed by atoms with E-state index in [-0.39, 0.29) is 17.8 Å². The normalized spacial score (nSPS) is 16.3. The van der Waals surface area contributed by atoms with E-state index in [0.29, 0.717) is 31.0 Å². The highest BCUT2D eigenvalue weighted by Gasteiger charge is 2.31. The summed E-state index contributed by atoms with van der Waals surface area (Å²) in [6.07, 6.45) is 6.65. The first-order valence-corrected chi connectivity index (χ1v) is 10.2. The highest BCUT2D eigenvalue weighted by atomic mass is 16.5. The van der Waals surface area contributed by atoms with Crippen molar-refractivity contribution >= 4 is 11.9 Å². The van der Waals surface area contributed by atoms with Crippen molar-refractivity contribution in [3.63, 3.8) is 0 Å². The zero-order valence-electron chi connectivity index (χ0n) is 16.9. The number of pyridine rings is 1. The van der Waals surface area contributed by atoms with Gasteiger partial charge in [-0.25, -0.2) is 4.68 Å². The fraction of sp³-hybridized carbons (Fsp3) is 0.304. The topological polar surface area (TPSA) is 77.3 Å². The standard InChI is InChI=1S/C23H24N4O3/c1-2-30-23(29)18-9-7-13-26(15-18)22(28)20-16-27(19-10-4-3-5-11-19)25-21(20)17-8-6-12-24-14-17/h3-6,8,10-12,14,16,18H,2,7,9,13,15H2,1H3/t18-/m0/s1. The molecule has 2 aromatic heterocycles. The summed E-state index contributed by atoms with van der Waals surface area (Å²) in [7, 11) is 0. The van der Waals surface area contributed by atoms with Crippen LogP contribution in [-0.2, 0) is 9.53 Å². The highest BCUT2D eigenvalue weighted by molar-refractivity contribution is 6.00. The number of amides is 1. The van der Waals surface area contributed by atoms with Crippen LogP contribution in [0.2, 0.25) is 0 Å². The fourth-order valence-corrected chi connectivity index (χ4v) is 3.74. The molecule has 1 amide bonds. The molecule has 1 aliphatic rings. The van der Waals surface area contributed by atoms with Gasteiger partial charge in [-0.1, -0.05) is 18.2 Å². The van der Waals surface area contributed by atoms with Crippen molar-refractivity contribution in [1.82, 2.24) is 19.7 Å². The molecule has 0 spiro atoms. The van der Waals surface area contributed by atoms with Crippen molar-refractivity contribution in [3.8, 4) is 16.9 Å². The van der Waals surface area contributed by atoms with Crippen molar-refractivity contribution in [3.05, 3.63) is 66.6 Å². The summed E-state index contributed by atoms with van der Waals surface area (Å²) in [5.41, 5.74) is 2.71. The minimum absolute atomic E-state index is 0.134. The minimum atomic E-state index is -0.284. The molecule has 3 aromatic rings. The Morgan fingerprint density at radius 1 is 1.17 bits per heavy atom. The van der Waals surface area contributed by atoms with Crippen molar-refractivity contribution < 1.29 is 14.3 Å². The molecule has 1 atom stereocenters. The third-order valence-corrected chi connectivity index (χ3v) is 5.23. The van der Waals surface area contributed by atoms with Crippen LogP contribution in [0.15, 0.2) is 61.1 Å². The van der Waals surface area contributed by atoms with Crippen molar-refractivity contribution in [1.29, 1.82) is 0 Å². The Morgan fingerprint density at radius 3 is 2.73 bits per heavy atom. The van der Waals surface area contributed by atoms with Crippen molar-refractivity contribution in [2.45, 2.75) is 19.8 Å². The monoisotopic (exact) mass is 404 g/mol. The summed E-state index contributed by atoms with van der Waals surface area (Å²) < 4.78 is 6.88. The smallest absolute Gasteiger partial charge is 0.310 e. The number of hydrogen-bond acceptors (Lipinski definition) is 5. The van der Waals surface area contributed by atoms with Crippen LogP contribution in [0.5, 0.6) is 0 Å². The molecule has 0 saturated carbocycles. The summed E-state index contributed by atoms with van der Waals surface area (Å²) in [4.78, 5) is 31.6. The Kier molecular flexibility index (Phi) is 5.88. The summed E-state index contributed by atoms with van der Waals surface area (Å²) in [6.45, 7) is 3.11. The summed E-state index contributed by atoms with van der Waals surface area (Å²) >= 11 is 0. The summed E-state index contributed by atoms with van der Waals surface area (Å²) in [5, 5.41) is 4.69. The molecule has 7 nitrogen and oxygen atoms in total. The maximum atomic E-state index is 13.5. The minimum Gasteiger partial charge on any atom is -0.466 e. The number of esters is 1. The Bertz CT molecular complexity index is 1020. The number of ether oxygens (including phenoxy) is 1. The van der Waals surface area contributed by atoms with Crippen LogP contribution in [0.1, 0.15) is 30.1 Å². The molecule has 1 aromatic carbocycles. The van der Waals surface area contributed by atoms with Gasteiger partial charge in [0.1, 0.15) is 5.69 Å². The second kappa shape index (κ2) is 8.90. The van der Waals surface area contributed by atoms with E-state index in [1.807, 2.05) is 42.5 Å². The lowest BCUT2D eigenvalue weighted by molar-refractivity contribution is -0.149. The van der Waals surface area contributed by atoms with Gasteiger partial charge in [0.15, 0.2) is 0 Å². The van der Waals surface area contributed by atoms with E-state index in [4.69, 9.17) is 4.74 Å². The predicted octanol–water partition coefficient (Wildman–Crippen LogP) is 3.35. The second-order valence-corrected chi connectivity index (χ2v) is 7.26. The molecule has 0 unspecified atom stereocenters. The van der Waals surface area contributed by atoms with Crippen LogP contribution in [0.25, 0.3) is 16.9 Å². The molecule has 0 aliphatic carbocycles. The van der Waals surface area contributed by atoms with Crippen LogP contribution in [-0.4, -0.2) is 51.2 Å². The fourth-order valence-electron chi connectivity index (χ4n) is 3.74. The maximum Gasteiger partial charge on any atom is 0.310 e. The summed E-state index contributed by atoms with van der Waals surface area (Å²) in [6, 6.07) is 13.4. The average Bonchev–Trinajstić information content (AvgIpc) is 3.25. The lowest BCUT2D eigenvalue weighted by atomic mass is 9.97. The van der Waals surface area contributed by atoms with Crippen LogP contribution < -0.4 is 0 Å². The van der Waals surface area contributed by atoms with Crippen molar-refractivity contribution in [2.75, 3.05) is 19.7 Å². The number of hydrogen-bond donors (Lipinski definition) is 0. The van der Waals surface area contributed by atoms with Gasteiger partial charge in [-0.05, 0) is 44.0 Å². The van der Waals surface area contributed by atoms with Crippen molar-refractivity contribution in [2.24, 2.45) is 5.92 Å². The molecule has 4 rings (SSSR count). The van der Waals surface area contributed by atoms with Gasteiger partial charge in [0.25, 0.3) is 5.91 Å². The number of piperidine rings is 1. The van der Waals surface area contributed by atoms with Gasteiger partial charge in [-0.2, -0.15) is 5.10 Å². The Hall–Kier alpha value is -3.48. The van der Waals surface area contributed by atoms with Gasteiger partial charge in [0.2, 0.25) is 0 Å². The lowest BCUT2D eigenvalue weighted by Gasteiger charge is -2.31. The van der Waals surface area contributed by atoms with Gasteiger partial charge >= 0.3 is 5.97 Å².